The Labute approximate surface area is 205 Å². The molecule has 1 amide bonds. The van der Waals surface area contributed by atoms with E-state index < -0.39 is 10.8 Å². The van der Waals surface area contributed by atoms with Crippen LogP contribution in [0.5, 0.6) is 11.5 Å². The number of nitro groups is 1. The third kappa shape index (κ3) is 6.04. The van der Waals surface area contributed by atoms with E-state index in [2.05, 4.69) is 5.32 Å². The molecule has 1 N–H and O–H groups in total. The molecular weight excluding hydrogens is 481 g/mol. The molecule has 0 fully saturated rings. The van der Waals surface area contributed by atoms with Crippen molar-refractivity contribution in [2.24, 2.45) is 0 Å². The van der Waals surface area contributed by atoms with E-state index in [1.54, 1.807) is 12.1 Å². The van der Waals surface area contributed by atoms with Gasteiger partial charge in [0.05, 0.1) is 17.1 Å². The van der Waals surface area contributed by atoms with E-state index in [0.29, 0.717) is 22.0 Å². The number of nitrogens with zero attached hydrogens (tertiary/aromatic N) is 2. The molecule has 172 valence electrons. The molecule has 0 saturated carbocycles. The molecule has 0 aliphatic heterocycles. The maximum absolute atomic E-state index is 12.5. The Balaban J connectivity index is 1.80. The van der Waals surface area contributed by atoms with Gasteiger partial charge in [-0.2, -0.15) is 5.26 Å². The summed E-state index contributed by atoms with van der Waals surface area (Å²) >= 11 is 12.6. The Morgan fingerprint density at radius 3 is 2.47 bits per heavy atom. The summed E-state index contributed by atoms with van der Waals surface area (Å²) < 4.78 is 11.2. The Bertz CT molecular complexity index is 1300. The highest BCUT2D eigenvalue weighted by Gasteiger charge is 2.15. The van der Waals surface area contributed by atoms with Crippen LogP contribution in [0.2, 0.25) is 10.0 Å². The number of hydrogen-bond acceptors (Lipinski definition) is 6. The molecule has 0 aromatic heterocycles. The van der Waals surface area contributed by atoms with E-state index in [4.69, 9.17) is 32.7 Å². The summed E-state index contributed by atoms with van der Waals surface area (Å²) in [6.45, 7) is 0.159. The van der Waals surface area contributed by atoms with Crippen molar-refractivity contribution >= 4 is 46.6 Å². The normalized spacial score (nSPS) is 10.8. The van der Waals surface area contributed by atoms with Crippen molar-refractivity contribution < 1.29 is 19.2 Å². The van der Waals surface area contributed by atoms with Crippen LogP contribution in [0.4, 0.5) is 11.4 Å². The molecule has 0 aliphatic carbocycles. The van der Waals surface area contributed by atoms with Crippen molar-refractivity contribution in [1.29, 1.82) is 5.26 Å². The van der Waals surface area contributed by atoms with E-state index in [1.807, 2.05) is 24.3 Å². The summed E-state index contributed by atoms with van der Waals surface area (Å²) in [5.41, 5.74) is 1.17. The van der Waals surface area contributed by atoms with Crippen LogP contribution in [-0.2, 0) is 11.4 Å². The number of carbonyl (C=O) groups excluding carboxylic acids is 1. The molecule has 3 rings (SSSR count). The average Bonchev–Trinajstić information content (AvgIpc) is 2.82. The highest BCUT2D eigenvalue weighted by molar-refractivity contribution is 6.32. The van der Waals surface area contributed by atoms with Crippen LogP contribution in [0.15, 0.2) is 66.2 Å². The molecule has 0 heterocycles. The van der Waals surface area contributed by atoms with E-state index >= 15 is 0 Å². The predicted octanol–water partition coefficient (Wildman–Crippen LogP) is 6.03. The van der Waals surface area contributed by atoms with Crippen molar-refractivity contribution in [3.63, 3.8) is 0 Å². The second-order valence-corrected chi connectivity index (χ2v) is 7.66. The number of halogens is 2. The van der Waals surface area contributed by atoms with Gasteiger partial charge in [-0.05, 0) is 42.0 Å². The lowest BCUT2D eigenvalue weighted by Crippen LogP contribution is -2.13. The van der Waals surface area contributed by atoms with Crippen LogP contribution in [0.1, 0.15) is 11.1 Å². The van der Waals surface area contributed by atoms with Crippen molar-refractivity contribution in [2.75, 3.05) is 12.4 Å². The van der Waals surface area contributed by atoms with E-state index in [1.165, 1.54) is 43.5 Å². The topological polar surface area (TPSA) is 114 Å². The average molecular weight is 498 g/mol. The van der Waals surface area contributed by atoms with E-state index in [9.17, 15) is 20.2 Å². The van der Waals surface area contributed by atoms with Crippen LogP contribution in [0, 0.1) is 21.4 Å². The highest BCUT2D eigenvalue weighted by Crippen LogP contribution is 2.38. The quantitative estimate of drug-likeness (QED) is 0.175. The van der Waals surface area contributed by atoms with Gasteiger partial charge in [-0.15, -0.1) is 0 Å². The minimum Gasteiger partial charge on any atom is -0.493 e. The van der Waals surface area contributed by atoms with Crippen molar-refractivity contribution in [1.82, 2.24) is 0 Å². The zero-order valence-corrected chi connectivity index (χ0v) is 19.3. The van der Waals surface area contributed by atoms with Gasteiger partial charge in [-0.25, -0.2) is 0 Å². The minimum absolute atomic E-state index is 0.118. The second-order valence-electron chi connectivity index (χ2n) is 6.84. The summed E-state index contributed by atoms with van der Waals surface area (Å²) in [5.74, 6) is -0.0977. The number of hydrogen-bond donors (Lipinski definition) is 1. The zero-order valence-electron chi connectivity index (χ0n) is 17.7. The monoisotopic (exact) mass is 497 g/mol. The Morgan fingerprint density at radius 1 is 1.15 bits per heavy atom. The number of amides is 1. The lowest BCUT2D eigenvalue weighted by Gasteiger charge is -2.14. The number of non-ortho nitro benzene ring substituents is 1. The number of ether oxygens (including phenoxy) is 2. The molecule has 0 atom stereocenters. The number of rotatable bonds is 8. The van der Waals surface area contributed by atoms with Gasteiger partial charge in [-0.1, -0.05) is 41.4 Å². The minimum atomic E-state index is -0.689. The molecule has 10 heteroatoms. The lowest BCUT2D eigenvalue weighted by molar-refractivity contribution is -0.384. The van der Waals surface area contributed by atoms with Gasteiger partial charge < -0.3 is 14.8 Å². The first-order valence-electron chi connectivity index (χ1n) is 9.73. The number of benzene rings is 3. The third-order valence-electron chi connectivity index (χ3n) is 4.59. The summed E-state index contributed by atoms with van der Waals surface area (Å²) in [4.78, 5) is 22.7. The summed E-state index contributed by atoms with van der Waals surface area (Å²) in [5, 5.41) is 23.5. The fourth-order valence-corrected chi connectivity index (χ4v) is 3.37. The molecule has 0 aliphatic rings. The highest BCUT2D eigenvalue weighted by atomic mass is 35.5. The third-order valence-corrected chi connectivity index (χ3v) is 5.24. The Hall–Kier alpha value is -4.06. The molecule has 8 nitrogen and oxygen atoms in total. The van der Waals surface area contributed by atoms with Gasteiger partial charge in [0.25, 0.3) is 11.6 Å². The molecule has 0 spiro atoms. The molecule has 3 aromatic carbocycles. The zero-order chi connectivity index (χ0) is 24.7. The maximum Gasteiger partial charge on any atom is 0.269 e. The molecule has 0 radical (unpaired) electrons. The number of nitriles is 1. The molecule has 34 heavy (non-hydrogen) atoms. The number of anilines is 1. The number of nitrogens with one attached hydrogen (secondary N) is 1. The van der Waals surface area contributed by atoms with E-state index in [0.717, 1.165) is 5.56 Å². The summed E-state index contributed by atoms with van der Waals surface area (Å²) in [7, 11) is 1.44. The summed E-state index contributed by atoms with van der Waals surface area (Å²) in [6, 6.07) is 17.4. The van der Waals surface area contributed by atoms with Crippen LogP contribution in [-0.4, -0.2) is 17.9 Å². The van der Waals surface area contributed by atoms with Crippen molar-refractivity contribution in [3.05, 3.63) is 97.5 Å². The van der Waals surface area contributed by atoms with Crippen molar-refractivity contribution in [2.45, 2.75) is 6.61 Å². The van der Waals surface area contributed by atoms with Gasteiger partial charge in [0.15, 0.2) is 11.5 Å². The number of methoxy groups -OCH3 is 1. The Kier molecular flexibility index (Phi) is 8.09. The first kappa shape index (κ1) is 24.6. The van der Waals surface area contributed by atoms with Crippen LogP contribution in [0.3, 0.4) is 0 Å². The van der Waals surface area contributed by atoms with Gasteiger partial charge in [0, 0.05) is 28.4 Å². The van der Waals surface area contributed by atoms with Crippen LogP contribution < -0.4 is 14.8 Å². The molecule has 3 aromatic rings. The Morgan fingerprint density at radius 2 is 1.85 bits per heavy atom. The van der Waals surface area contributed by atoms with Crippen LogP contribution >= 0.6 is 23.2 Å². The van der Waals surface area contributed by atoms with Gasteiger partial charge >= 0.3 is 0 Å². The number of carbonyl (C=O) groups is 1. The molecule has 0 saturated heterocycles. The molecule has 0 unspecified atom stereocenters. The van der Waals surface area contributed by atoms with Gasteiger partial charge in [-0.3, -0.25) is 14.9 Å². The molecule has 0 bridgehead atoms. The SMILES string of the molecule is COc1cc(/C=C(\C#N)C(=O)Nc2ccc([N+](=O)[O-])cc2)cc(Cl)c1OCc1ccccc1Cl. The van der Waals surface area contributed by atoms with E-state index in [-0.39, 0.29) is 28.6 Å². The van der Waals surface area contributed by atoms with Gasteiger partial charge in [0.2, 0.25) is 0 Å². The second kappa shape index (κ2) is 11.2. The smallest absolute Gasteiger partial charge is 0.269 e. The first-order valence-corrected chi connectivity index (χ1v) is 10.5. The number of nitro benzene ring substituents is 1. The first-order chi connectivity index (χ1) is 16.3. The fourth-order valence-electron chi connectivity index (χ4n) is 2.91. The molecular formula is C24H17Cl2N3O5. The fraction of sp³-hybridized carbons (Fsp3) is 0.0833. The van der Waals surface area contributed by atoms with Gasteiger partial charge in [0.1, 0.15) is 18.2 Å². The summed E-state index contributed by atoms with van der Waals surface area (Å²) in [6.07, 6.45) is 1.34. The lowest BCUT2D eigenvalue weighted by atomic mass is 10.1. The van der Waals surface area contributed by atoms with Crippen molar-refractivity contribution in [3.8, 4) is 17.6 Å². The maximum atomic E-state index is 12.5. The van der Waals surface area contributed by atoms with Crippen LogP contribution in [0.25, 0.3) is 6.08 Å². The largest absolute Gasteiger partial charge is 0.493 e. The standard InChI is InChI=1S/C24H17Cl2N3O5/c1-33-22-12-15(11-21(26)23(22)34-14-16-4-2-3-5-20(16)25)10-17(13-27)24(30)28-18-6-8-19(9-7-18)29(31)32/h2-12H,14H2,1H3,(H,28,30)/b17-10+. The predicted molar refractivity (Wildman–Crippen MR) is 129 cm³/mol.